The Labute approximate surface area is 107 Å². The highest BCUT2D eigenvalue weighted by Crippen LogP contribution is 2.23. The van der Waals surface area contributed by atoms with Crippen molar-refractivity contribution >= 4 is 5.91 Å². The molecule has 1 amide bonds. The average molecular weight is 248 g/mol. The van der Waals surface area contributed by atoms with E-state index in [1.54, 1.807) is 0 Å². The first-order valence-corrected chi connectivity index (χ1v) is 6.85. The molecule has 1 fully saturated rings. The van der Waals surface area contributed by atoms with Crippen LogP contribution in [0.15, 0.2) is 0 Å². The summed E-state index contributed by atoms with van der Waals surface area (Å²) in [6.07, 6.45) is 3.23. The number of carbonyl (C=O) groups excluding carboxylic acids is 1. The van der Waals surface area contributed by atoms with Crippen LogP contribution in [0.3, 0.4) is 0 Å². The fourth-order valence-corrected chi connectivity index (χ4v) is 2.90. The van der Waals surface area contributed by atoms with E-state index in [0.717, 1.165) is 56.7 Å². The molecule has 1 saturated heterocycles. The summed E-state index contributed by atoms with van der Waals surface area (Å²) in [6, 6.07) is 0. The van der Waals surface area contributed by atoms with Crippen LogP contribution in [0.1, 0.15) is 41.5 Å². The summed E-state index contributed by atoms with van der Waals surface area (Å²) in [5, 5.41) is 10.6. The topological polar surface area (TPSA) is 61.0 Å². The molecule has 0 spiro atoms. The second-order valence-electron chi connectivity index (χ2n) is 5.27. The Hall–Kier alpha value is -1.36. The molecule has 3 heterocycles. The molecule has 5 heteroatoms. The molecule has 1 aromatic rings. The number of carbonyl (C=O) groups is 1. The third-order valence-corrected chi connectivity index (χ3v) is 4.16. The largest absolute Gasteiger partial charge is 0.337 e. The number of rotatable bonds is 2. The Morgan fingerprint density at radius 2 is 2.44 bits per heavy atom. The lowest BCUT2D eigenvalue weighted by Gasteiger charge is -2.17. The fourth-order valence-electron chi connectivity index (χ4n) is 2.90. The highest BCUT2D eigenvalue weighted by atomic mass is 16.2. The minimum atomic E-state index is 0.104. The molecule has 0 aliphatic carbocycles. The average Bonchev–Trinajstić information content (AvgIpc) is 3.04. The number of fused-ring (bicyclic) bond motifs is 1. The maximum atomic E-state index is 12.5. The van der Waals surface area contributed by atoms with Crippen molar-refractivity contribution in [3.05, 3.63) is 17.0 Å². The molecule has 0 radical (unpaired) electrons. The quantitative estimate of drug-likeness (QED) is 0.818. The normalized spacial score (nSPS) is 23.2. The van der Waals surface area contributed by atoms with Gasteiger partial charge >= 0.3 is 0 Å². The summed E-state index contributed by atoms with van der Waals surface area (Å²) in [4.78, 5) is 14.4. The number of likely N-dealkylation sites (tertiary alicyclic amines) is 1. The lowest BCUT2D eigenvalue weighted by atomic mass is 10.1. The molecule has 98 valence electrons. The van der Waals surface area contributed by atoms with Crippen molar-refractivity contribution in [2.45, 2.75) is 32.7 Å². The number of aromatic amines is 1. The first-order chi connectivity index (χ1) is 8.79. The second-order valence-corrected chi connectivity index (χ2v) is 5.27. The van der Waals surface area contributed by atoms with Gasteiger partial charge in [-0.05, 0) is 12.3 Å². The Morgan fingerprint density at radius 1 is 1.56 bits per heavy atom. The number of hydrogen-bond acceptors (Lipinski definition) is 3. The second kappa shape index (κ2) is 4.72. The summed E-state index contributed by atoms with van der Waals surface area (Å²) in [5.41, 5.74) is 2.84. The predicted molar refractivity (Wildman–Crippen MR) is 68.3 cm³/mol. The van der Waals surface area contributed by atoms with Crippen molar-refractivity contribution in [2.75, 3.05) is 19.6 Å². The number of aromatic nitrogens is 2. The standard InChI is InChI=1S/C13H20N4O/c1-2-9-4-6-17(8-9)13(18)12-10-7-14-5-3-11(10)15-16-12/h9,14H,2-8H2,1H3,(H,15,16). The molecule has 3 rings (SSSR count). The van der Waals surface area contributed by atoms with Gasteiger partial charge in [-0.3, -0.25) is 9.89 Å². The number of hydrogen-bond donors (Lipinski definition) is 2. The van der Waals surface area contributed by atoms with E-state index >= 15 is 0 Å². The highest BCUT2D eigenvalue weighted by Gasteiger charge is 2.30. The number of H-pyrrole nitrogens is 1. The predicted octanol–water partition coefficient (Wildman–Crippen LogP) is 0.927. The van der Waals surface area contributed by atoms with Crippen LogP contribution < -0.4 is 5.32 Å². The summed E-state index contributed by atoms with van der Waals surface area (Å²) in [6.45, 7) is 5.69. The van der Waals surface area contributed by atoms with Crippen molar-refractivity contribution in [3.8, 4) is 0 Å². The van der Waals surface area contributed by atoms with Crippen LogP contribution in [-0.4, -0.2) is 40.6 Å². The van der Waals surface area contributed by atoms with Crippen molar-refractivity contribution in [1.29, 1.82) is 0 Å². The Bertz CT molecular complexity index is 454. The number of nitrogens with one attached hydrogen (secondary N) is 2. The van der Waals surface area contributed by atoms with Crippen molar-refractivity contribution in [2.24, 2.45) is 5.92 Å². The van der Waals surface area contributed by atoms with Gasteiger partial charge in [0.2, 0.25) is 0 Å². The van der Waals surface area contributed by atoms with Crippen molar-refractivity contribution < 1.29 is 4.79 Å². The van der Waals surface area contributed by atoms with Gasteiger partial charge in [0.1, 0.15) is 0 Å². The zero-order valence-electron chi connectivity index (χ0n) is 10.8. The molecular weight excluding hydrogens is 228 g/mol. The molecule has 1 aromatic heterocycles. The lowest BCUT2D eigenvalue weighted by Crippen LogP contribution is -2.31. The Kier molecular flexibility index (Phi) is 3.07. The van der Waals surface area contributed by atoms with E-state index in [-0.39, 0.29) is 5.91 Å². The minimum Gasteiger partial charge on any atom is -0.337 e. The molecule has 18 heavy (non-hydrogen) atoms. The fraction of sp³-hybridized carbons (Fsp3) is 0.692. The zero-order chi connectivity index (χ0) is 12.5. The zero-order valence-corrected chi connectivity index (χ0v) is 10.8. The highest BCUT2D eigenvalue weighted by molar-refractivity contribution is 5.94. The van der Waals surface area contributed by atoms with Crippen LogP contribution in [0, 0.1) is 5.92 Å². The smallest absolute Gasteiger partial charge is 0.274 e. The molecule has 5 nitrogen and oxygen atoms in total. The van der Waals surface area contributed by atoms with Gasteiger partial charge in [0.15, 0.2) is 5.69 Å². The molecule has 0 aromatic carbocycles. The van der Waals surface area contributed by atoms with E-state index in [0.29, 0.717) is 11.6 Å². The van der Waals surface area contributed by atoms with Crippen molar-refractivity contribution in [3.63, 3.8) is 0 Å². The van der Waals surface area contributed by atoms with Gasteiger partial charge in [0, 0.05) is 43.9 Å². The van der Waals surface area contributed by atoms with E-state index < -0.39 is 0 Å². The van der Waals surface area contributed by atoms with Crippen LogP contribution in [0.5, 0.6) is 0 Å². The first-order valence-electron chi connectivity index (χ1n) is 6.85. The summed E-state index contributed by atoms with van der Waals surface area (Å²) < 4.78 is 0. The van der Waals surface area contributed by atoms with E-state index in [4.69, 9.17) is 0 Å². The number of nitrogens with zero attached hydrogens (tertiary/aromatic N) is 2. The van der Waals surface area contributed by atoms with Crippen LogP contribution in [0.2, 0.25) is 0 Å². The van der Waals surface area contributed by atoms with E-state index in [2.05, 4.69) is 22.4 Å². The molecular formula is C13H20N4O. The van der Waals surface area contributed by atoms with Crippen LogP contribution in [0.25, 0.3) is 0 Å². The molecule has 0 bridgehead atoms. The maximum absolute atomic E-state index is 12.5. The first kappa shape index (κ1) is 11.7. The summed E-state index contributed by atoms with van der Waals surface area (Å²) >= 11 is 0. The monoisotopic (exact) mass is 248 g/mol. The minimum absolute atomic E-state index is 0.104. The third-order valence-electron chi connectivity index (χ3n) is 4.16. The molecule has 1 atom stereocenters. The van der Waals surface area contributed by atoms with Gasteiger partial charge in [-0.15, -0.1) is 0 Å². The molecule has 2 aliphatic heterocycles. The van der Waals surface area contributed by atoms with E-state index in [9.17, 15) is 4.79 Å². The van der Waals surface area contributed by atoms with E-state index in [1.807, 2.05) is 4.90 Å². The maximum Gasteiger partial charge on any atom is 0.274 e. The van der Waals surface area contributed by atoms with Crippen LogP contribution >= 0.6 is 0 Å². The van der Waals surface area contributed by atoms with Gasteiger partial charge in [-0.1, -0.05) is 13.3 Å². The third kappa shape index (κ3) is 1.92. The van der Waals surface area contributed by atoms with Crippen LogP contribution in [0.4, 0.5) is 0 Å². The van der Waals surface area contributed by atoms with E-state index in [1.165, 1.54) is 0 Å². The van der Waals surface area contributed by atoms with Gasteiger partial charge in [0.25, 0.3) is 5.91 Å². The lowest BCUT2D eigenvalue weighted by molar-refractivity contribution is 0.0779. The van der Waals surface area contributed by atoms with Gasteiger partial charge < -0.3 is 10.2 Å². The van der Waals surface area contributed by atoms with Gasteiger partial charge in [0.05, 0.1) is 0 Å². The Morgan fingerprint density at radius 3 is 3.22 bits per heavy atom. The Balaban J connectivity index is 1.78. The molecule has 1 unspecified atom stereocenters. The summed E-state index contributed by atoms with van der Waals surface area (Å²) in [5.74, 6) is 0.772. The number of amides is 1. The van der Waals surface area contributed by atoms with Crippen LogP contribution in [-0.2, 0) is 13.0 Å². The van der Waals surface area contributed by atoms with Gasteiger partial charge in [-0.2, -0.15) is 5.10 Å². The molecule has 2 aliphatic rings. The summed E-state index contributed by atoms with van der Waals surface area (Å²) in [7, 11) is 0. The SMILES string of the molecule is CCC1CCN(C(=O)c2n[nH]c3c2CNCC3)C1. The van der Waals surface area contributed by atoms with Gasteiger partial charge in [-0.25, -0.2) is 0 Å². The van der Waals surface area contributed by atoms with Crippen molar-refractivity contribution in [1.82, 2.24) is 20.4 Å². The molecule has 2 N–H and O–H groups in total. The molecule has 0 saturated carbocycles.